The van der Waals surface area contributed by atoms with Crippen molar-refractivity contribution >= 4 is 29.2 Å². The van der Waals surface area contributed by atoms with Gasteiger partial charge in [0, 0.05) is 17.4 Å². The maximum absolute atomic E-state index is 13.7. The Balaban J connectivity index is 1.93. The Kier molecular flexibility index (Phi) is 3.88. The van der Waals surface area contributed by atoms with Crippen LogP contribution in [0.5, 0.6) is 0 Å². The van der Waals surface area contributed by atoms with Crippen LogP contribution in [0, 0.1) is 12.7 Å². The number of carboxylic acid groups (broad SMARTS) is 1. The minimum atomic E-state index is -1.07. The van der Waals surface area contributed by atoms with Gasteiger partial charge >= 0.3 is 5.97 Å². The second kappa shape index (κ2) is 6.25. The fraction of sp³-hybridized carbons (Fsp3) is 0.0476. The fourth-order valence-corrected chi connectivity index (χ4v) is 3.37. The van der Waals surface area contributed by atoms with E-state index in [0.717, 1.165) is 0 Å². The first-order valence-corrected chi connectivity index (χ1v) is 8.29. The van der Waals surface area contributed by atoms with Gasteiger partial charge in [0.1, 0.15) is 5.82 Å². The summed E-state index contributed by atoms with van der Waals surface area (Å²) in [5.41, 5.74) is 3.91. The van der Waals surface area contributed by atoms with E-state index in [0.29, 0.717) is 39.2 Å². The summed E-state index contributed by atoms with van der Waals surface area (Å²) in [6.07, 6.45) is 3.11. The van der Waals surface area contributed by atoms with Gasteiger partial charge in [0.2, 0.25) is 0 Å². The largest absolute Gasteiger partial charge is 0.478 e. The lowest BCUT2D eigenvalue weighted by Gasteiger charge is -2.09. The molecular weight excluding hydrogens is 347 g/mol. The molecule has 2 heterocycles. The summed E-state index contributed by atoms with van der Waals surface area (Å²) in [5, 5.41) is 12.2. The van der Waals surface area contributed by atoms with E-state index in [1.54, 1.807) is 43.5 Å². The third kappa shape index (κ3) is 2.81. The van der Waals surface area contributed by atoms with Crippen LogP contribution >= 0.6 is 0 Å². The Morgan fingerprint density at radius 1 is 1.19 bits per heavy atom. The highest BCUT2D eigenvalue weighted by Gasteiger charge is 2.28. The zero-order chi connectivity index (χ0) is 19.1. The number of carbonyl (C=O) groups is 2. The van der Waals surface area contributed by atoms with Gasteiger partial charge in [-0.25, -0.2) is 9.18 Å². The first kappa shape index (κ1) is 16.8. The van der Waals surface area contributed by atoms with Crippen molar-refractivity contribution in [3.63, 3.8) is 0 Å². The molecule has 3 aromatic rings. The number of anilines is 1. The molecule has 0 saturated heterocycles. The van der Waals surface area contributed by atoms with Crippen molar-refractivity contribution in [2.45, 2.75) is 6.92 Å². The molecule has 1 aliphatic rings. The number of aromatic nitrogens is 1. The monoisotopic (exact) mass is 362 g/mol. The maximum Gasteiger partial charge on any atom is 0.338 e. The van der Waals surface area contributed by atoms with Gasteiger partial charge in [0.05, 0.1) is 16.8 Å². The van der Waals surface area contributed by atoms with Crippen LogP contribution in [0.3, 0.4) is 0 Å². The number of rotatable bonds is 3. The molecule has 0 spiro atoms. The van der Waals surface area contributed by atoms with Crippen molar-refractivity contribution in [3.05, 3.63) is 76.9 Å². The number of aryl methyl sites for hydroxylation is 1. The Hall–Kier alpha value is -3.67. The second-order valence-electron chi connectivity index (χ2n) is 6.32. The summed E-state index contributed by atoms with van der Waals surface area (Å²) in [7, 11) is 0. The van der Waals surface area contributed by atoms with E-state index in [9.17, 15) is 19.1 Å². The van der Waals surface area contributed by atoms with E-state index in [1.807, 2.05) is 0 Å². The summed E-state index contributed by atoms with van der Waals surface area (Å²) in [6.45, 7) is 1.68. The molecule has 5 nitrogen and oxygen atoms in total. The van der Waals surface area contributed by atoms with E-state index in [1.165, 1.54) is 18.2 Å². The molecule has 134 valence electrons. The molecule has 0 fully saturated rings. The lowest BCUT2D eigenvalue weighted by atomic mass is 9.94. The zero-order valence-corrected chi connectivity index (χ0v) is 14.3. The smallest absolute Gasteiger partial charge is 0.338 e. The second-order valence-corrected chi connectivity index (χ2v) is 6.32. The quantitative estimate of drug-likeness (QED) is 0.607. The summed E-state index contributed by atoms with van der Waals surface area (Å²) in [5.74, 6) is -1.78. The average molecular weight is 362 g/mol. The van der Waals surface area contributed by atoms with Crippen LogP contribution in [0.1, 0.15) is 27.2 Å². The Labute approximate surface area is 154 Å². The van der Waals surface area contributed by atoms with Crippen LogP contribution in [-0.4, -0.2) is 22.0 Å². The molecule has 0 unspecified atom stereocenters. The average Bonchev–Trinajstić information content (AvgIpc) is 3.15. The van der Waals surface area contributed by atoms with Gasteiger partial charge in [-0.05, 0) is 47.9 Å². The van der Waals surface area contributed by atoms with Gasteiger partial charge in [0.25, 0.3) is 5.91 Å². The molecular formula is C21H15FN2O3. The first-order chi connectivity index (χ1) is 13.0. The Morgan fingerprint density at radius 2 is 1.96 bits per heavy atom. The number of carboxylic acids is 1. The first-order valence-electron chi connectivity index (χ1n) is 8.29. The van der Waals surface area contributed by atoms with Crippen molar-refractivity contribution < 1.29 is 19.1 Å². The van der Waals surface area contributed by atoms with Crippen molar-refractivity contribution in [2.24, 2.45) is 0 Å². The third-order valence-corrected chi connectivity index (χ3v) is 4.57. The van der Waals surface area contributed by atoms with Crippen LogP contribution < -0.4 is 5.32 Å². The minimum absolute atomic E-state index is 0.118. The molecule has 1 aromatic heterocycles. The van der Waals surface area contributed by atoms with Gasteiger partial charge in [0.15, 0.2) is 0 Å². The number of hydrogen-bond acceptors (Lipinski definition) is 2. The van der Waals surface area contributed by atoms with E-state index in [-0.39, 0.29) is 17.3 Å². The molecule has 0 atom stereocenters. The molecule has 1 aliphatic heterocycles. The number of carbonyl (C=O) groups excluding carboxylic acids is 1. The normalized spacial score (nSPS) is 14.3. The molecule has 0 radical (unpaired) electrons. The topological polar surface area (TPSA) is 82.2 Å². The van der Waals surface area contributed by atoms with Gasteiger partial charge in [-0.1, -0.05) is 24.3 Å². The highest BCUT2D eigenvalue weighted by atomic mass is 19.1. The van der Waals surface area contributed by atoms with Crippen LogP contribution in [0.4, 0.5) is 10.1 Å². The zero-order valence-electron chi connectivity index (χ0n) is 14.3. The molecule has 3 N–H and O–H groups in total. The number of halogens is 1. The van der Waals surface area contributed by atoms with Gasteiger partial charge in [-0.3, -0.25) is 4.79 Å². The molecule has 4 rings (SSSR count). The molecule has 0 bridgehead atoms. The molecule has 6 heteroatoms. The SMILES string of the molecule is Cc1c[nH]c(/C=C2\C(=O)Nc3cccc(-c4cccc(F)c4)c32)c1C(=O)O. The molecule has 27 heavy (non-hydrogen) atoms. The molecule has 0 aliphatic carbocycles. The summed E-state index contributed by atoms with van der Waals surface area (Å²) in [6, 6.07) is 11.5. The van der Waals surface area contributed by atoms with Crippen LogP contribution in [0.2, 0.25) is 0 Å². The molecule has 1 amide bonds. The highest BCUT2D eigenvalue weighted by molar-refractivity contribution is 6.36. The maximum atomic E-state index is 13.7. The molecule has 0 saturated carbocycles. The number of aromatic amines is 1. The number of aromatic carboxylic acids is 1. The third-order valence-electron chi connectivity index (χ3n) is 4.57. The van der Waals surface area contributed by atoms with Crippen LogP contribution in [0.15, 0.2) is 48.7 Å². The summed E-state index contributed by atoms with van der Waals surface area (Å²) < 4.78 is 13.7. The van der Waals surface area contributed by atoms with E-state index in [2.05, 4.69) is 10.3 Å². The number of amides is 1. The van der Waals surface area contributed by atoms with Gasteiger partial charge in [-0.2, -0.15) is 0 Å². The van der Waals surface area contributed by atoms with E-state index in [4.69, 9.17) is 0 Å². The Bertz CT molecular complexity index is 1130. The van der Waals surface area contributed by atoms with Crippen molar-refractivity contribution in [2.75, 3.05) is 5.32 Å². The van der Waals surface area contributed by atoms with Crippen LogP contribution in [-0.2, 0) is 4.79 Å². The summed E-state index contributed by atoms with van der Waals surface area (Å²) >= 11 is 0. The lowest BCUT2D eigenvalue weighted by Crippen LogP contribution is -2.05. The highest BCUT2D eigenvalue weighted by Crippen LogP contribution is 2.40. The molecule has 2 aromatic carbocycles. The fourth-order valence-electron chi connectivity index (χ4n) is 3.37. The number of hydrogen-bond donors (Lipinski definition) is 3. The predicted molar refractivity (Wildman–Crippen MR) is 101 cm³/mol. The summed E-state index contributed by atoms with van der Waals surface area (Å²) in [4.78, 5) is 27.0. The van der Waals surface area contributed by atoms with Crippen LogP contribution in [0.25, 0.3) is 22.8 Å². The minimum Gasteiger partial charge on any atom is -0.478 e. The van der Waals surface area contributed by atoms with Crippen molar-refractivity contribution in [1.29, 1.82) is 0 Å². The standard InChI is InChI=1S/C21H15FN2O3/c1-11-10-23-17(18(11)21(26)27)9-15-19-14(12-4-2-5-13(22)8-12)6-3-7-16(19)24-20(15)25/h2-10,23H,1H3,(H,24,25)(H,26,27)/b15-9-. The van der Waals surface area contributed by atoms with E-state index < -0.39 is 5.97 Å². The number of fused-ring (bicyclic) bond motifs is 1. The number of H-pyrrole nitrogens is 1. The van der Waals surface area contributed by atoms with Gasteiger partial charge in [-0.15, -0.1) is 0 Å². The van der Waals surface area contributed by atoms with E-state index >= 15 is 0 Å². The number of benzene rings is 2. The Morgan fingerprint density at radius 3 is 2.70 bits per heavy atom. The predicted octanol–water partition coefficient (Wildman–Crippen LogP) is 4.32. The van der Waals surface area contributed by atoms with Crippen molar-refractivity contribution in [1.82, 2.24) is 4.98 Å². The number of nitrogens with one attached hydrogen (secondary N) is 2. The van der Waals surface area contributed by atoms with Gasteiger partial charge < -0.3 is 15.4 Å². The van der Waals surface area contributed by atoms with Crippen molar-refractivity contribution in [3.8, 4) is 11.1 Å². The lowest BCUT2D eigenvalue weighted by molar-refractivity contribution is -0.110.